The van der Waals surface area contributed by atoms with Crippen molar-refractivity contribution in [1.82, 2.24) is 20.5 Å². The van der Waals surface area contributed by atoms with Crippen LogP contribution >= 0.6 is 0 Å². The van der Waals surface area contributed by atoms with E-state index in [1.807, 2.05) is 30.3 Å². The summed E-state index contributed by atoms with van der Waals surface area (Å²) in [5, 5.41) is 11.0. The van der Waals surface area contributed by atoms with E-state index in [0.717, 1.165) is 11.1 Å². The number of benzene rings is 2. The average Bonchev–Trinajstić information content (AvgIpc) is 3.25. The highest BCUT2D eigenvalue weighted by atomic mass is 16.4. The molecule has 4 aromatic rings. The van der Waals surface area contributed by atoms with Gasteiger partial charge in [-0.2, -0.15) is 0 Å². The van der Waals surface area contributed by atoms with Crippen LogP contribution in [-0.4, -0.2) is 21.1 Å². The summed E-state index contributed by atoms with van der Waals surface area (Å²) in [4.78, 5) is 16.0. The topological polar surface area (TPSA) is 80.9 Å². The molecular weight excluding hydrogens is 376 g/mol. The number of nitrogens with one attached hydrogen (secondary N) is 1. The average molecular weight is 398 g/mol. The monoisotopic (exact) mass is 398 g/mol. The number of hydrogen-bond donors (Lipinski definition) is 1. The van der Waals surface area contributed by atoms with Crippen molar-refractivity contribution >= 4 is 5.91 Å². The predicted octanol–water partition coefficient (Wildman–Crippen LogP) is 3.97. The largest absolute Gasteiger partial charge is 0.425 e. The van der Waals surface area contributed by atoms with Crippen LogP contribution in [0.3, 0.4) is 0 Å². The first kappa shape index (κ1) is 19.5. The second kappa shape index (κ2) is 9.60. The van der Waals surface area contributed by atoms with Gasteiger partial charge in [0.2, 0.25) is 17.7 Å². The quantitative estimate of drug-likeness (QED) is 0.486. The molecule has 0 radical (unpaired) electrons. The van der Waals surface area contributed by atoms with Crippen LogP contribution in [0.5, 0.6) is 0 Å². The zero-order valence-electron chi connectivity index (χ0n) is 16.5. The maximum Gasteiger partial charge on any atom is 0.220 e. The third kappa shape index (κ3) is 5.38. The standard InChI is InChI=1S/C24H22N4O2/c29-22(26-17-19-12-14-25-15-13-19)10-11-23-27-28-24(30-23)16-18-6-8-21(9-7-18)20-4-2-1-3-5-20/h1-9,12-15H,10-11,16-17H2,(H,26,29). The van der Waals surface area contributed by atoms with E-state index >= 15 is 0 Å². The third-order valence-corrected chi connectivity index (χ3v) is 4.73. The van der Waals surface area contributed by atoms with Gasteiger partial charge in [-0.05, 0) is 34.4 Å². The van der Waals surface area contributed by atoms with Gasteiger partial charge in [0.1, 0.15) is 0 Å². The molecule has 1 amide bonds. The van der Waals surface area contributed by atoms with Crippen LogP contribution in [0.15, 0.2) is 83.5 Å². The number of pyridine rings is 1. The Morgan fingerprint density at radius 2 is 1.50 bits per heavy atom. The highest BCUT2D eigenvalue weighted by Crippen LogP contribution is 2.20. The molecule has 0 unspecified atom stereocenters. The van der Waals surface area contributed by atoms with Crippen LogP contribution in [-0.2, 0) is 24.2 Å². The van der Waals surface area contributed by atoms with Crippen molar-refractivity contribution in [1.29, 1.82) is 0 Å². The highest BCUT2D eigenvalue weighted by molar-refractivity contribution is 5.76. The van der Waals surface area contributed by atoms with Crippen molar-refractivity contribution in [3.63, 3.8) is 0 Å². The Labute approximate surface area is 175 Å². The lowest BCUT2D eigenvalue weighted by atomic mass is 10.0. The van der Waals surface area contributed by atoms with Crippen molar-refractivity contribution in [2.75, 3.05) is 0 Å². The number of aromatic nitrogens is 3. The lowest BCUT2D eigenvalue weighted by Gasteiger charge is -2.04. The van der Waals surface area contributed by atoms with Crippen molar-refractivity contribution < 1.29 is 9.21 Å². The van der Waals surface area contributed by atoms with E-state index in [-0.39, 0.29) is 5.91 Å². The summed E-state index contributed by atoms with van der Waals surface area (Å²) in [6, 6.07) is 22.3. The summed E-state index contributed by atoms with van der Waals surface area (Å²) < 4.78 is 5.71. The molecule has 0 aliphatic rings. The zero-order chi connectivity index (χ0) is 20.6. The van der Waals surface area contributed by atoms with Crippen LogP contribution in [0.1, 0.15) is 29.3 Å². The van der Waals surface area contributed by atoms with E-state index in [0.29, 0.717) is 37.6 Å². The molecule has 0 saturated carbocycles. The fourth-order valence-corrected chi connectivity index (χ4v) is 3.09. The molecule has 2 aromatic carbocycles. The maximum absolute atomic E-state index is 12.0. The molecule has 0 bridgehead atoms. The molecule has 30 heavy (non-hydrogen) atoms. The molecule has 6 nitrogen and oxygen atoms in total. The van der Waals surface area contributed by atoms with Gasteiger partial charge in [-0.25, -0.2) is 0 Å². The second-order valence-corrected chi connectivity index (χ2v) is 6.96. The van der Waals surface area contributed by atoms with Gasteiger partial charge >= 0.3 is 0 Å². The molecule has 0 aliphatic carbocycles. The number of rotatable bonds is 8. The van der Waals surface area contributed by atoms with Gasteiger partial charge in [0.25, 0.3) is 0 Å². The smallest absolute Gasteiger partial charge is 0.220 e. The zero-order valence-corrected chi connectivity index (χ0v) is 16.5. The van der Waals surface area contributed by atoms with Crippen LogP contribution in [0.25, 0.3) is 11.1 Å². The van der Waals surface area contributed by atoms with Crippen LogP contribution in [0, 0.1) is 0 Å². The number of hydrogen-bond acceptors (Lipinski definition) is 5. The minimum Gasteiger partial charge on any atom is -0.425 e. The Hall–Kier alpha value is -3.80. The second-order valence-electron chi connectivity index (χ2n) is 6.96. The van der Waals surface area contributed by atoms with Gasteiger partial charge < -0.3 is 9.73 Å². The Morgan fingerprint density at radius 1 is 0.800 bits per heavy atom. The summed E-state index contributed by atoms with van der Waals surface area (Å²) in [6.45, 7) is 0.482. The molecule has 0 spiro atoms. The Balaban J connectivity index is 1.26. The van der Waals surface area contributed by atoms with E-state index in [4.69, 9.17) is 4.42 Å². The first-order valence-electron chi connectivity index (χ1n) is 9.87. The number of carbonyl (C=O) groups is 1. The molecular formula is C24H22N4O2. The summed E-state index contributed by atoms with van der Waals surface area (Å²) >= 11 is 0. The Morgan fingerprint density at radius 3 is 2.27 bits per heavy atom. The van der Waals surface area contributed by atoms with Gasteiger partial charge in [0, 0.05) is 31.8 Å². The molecule has 150 valence electrons. The summed E-state index contributed by atoms with van der Waals surface area (Å²) in [5.74, 6) is 0.975. The maximum atomic E-state index is 12.0. The number of aryl methyl sites for hydroxylation is 1. The number of nitrogens with zero attached hydrogens (tertiary/aromatic N) is 3. The van der Waals surface area contributed by atoms with E-state index < -0.39 is 0 Å². The molecule has 2 heterocycles. The lowest BCUT2D eigenvalue weighted by Crippen LogP contribution is -2.23. The van der Waals surface area contributed by atoms with Gasteiger partial charge in [0.05, 0.1) is 6.42 Å². The van der Waals surface area contributed by atoms with Gasteiger partial charge in [-0.1, -0.05) is 54.6 Å². The Bertz CT molecular complexity index is 1080. The van der Waals surface area contributed by atoms with E-state index in [1.165, 1.54) is 11.1 Å². The minimum atomic E-state index is -0.0527. The molecule has 4 rings (SSSR count). The third-order valence-electron chi connectivity index (χ3n) is 4.73. The Kier molecular flexibility index (Phi) is 6.25. The molecule has 1 N–H and O–H groups in total. The molecule has 0 fully saturated rings. The van der Waals surface area contributed by atoms with E-state index in [1.54, 1.807) is 12.4 Å². The van der Waals surface area contributed by atoms with Crippen LogP contribution in [0.4, 0.5) is 0 Å². The molecule has 0 aliphatic heterocycles. The first-order chi connectivity index (χ1) is 14.8. The fraction of sp³-hybridized carbons (Fsp3) is 0.167. The van der Waals surface area contributed by atoms with E-state index in [2.05, 4.69) is 56.9 Å². The predicted molar refractivity (Wildman–Crippen MR) is 113 cm³/mol. The first-order valence-corrected chi connectivity index (χ1v) is 9.87. The molecule has 6 heteroatoms. The molecule has 0 saturated heterocycles. The lowest BCUT2D eigenvalue weighted by molar-refractivity contribution is -0.121. The highest BCUT2D eigenvalue weighted by Gasteiger charge is 2.10. The van der Waals surface area contributed by atoms with Crippen molar-refractivity contribution in [2.24, 2.45) is 0 Å². The van der Waals surface area contributed by atoms with Crippen LogP contribution < -0.4 is 5.32 Å². The number of carbonyl (C=O) groups excluding carboxylic acids is 1. The molecule has 2 aromatic heterocycles. The minimum absolute atomic E-state index is 0.0527. The van der Waals surface area contributed by atoms with Gasteiger partial charge in [-0.15, -0.1) is 10.2 Å². The van der Waals surface area contributed by atoms with Gasteiger partial charge in [0.15, 0.2) is 0 Å². The van der Waals surface area contributed by atoms with Crippen molar-refractivity contribution in [2.45, 2.75) is 25.8 Å². The van der Waals surface area contributed by atoms with Crippen molar-refractivity contribution in [3.05, 3.63) is 102 Å². The summed E-state index contributed by atoms with van der Waals surface area (Å²) in [5.41, 5.74) is 4.46. The van der Waals surface area contributed by atoms with Crippen molar-refractivity contribution in [3.8, 4) is 11.1 Å². The van der Waals surface area contributed by atoms with E-state index in [9.17, 15) is 4.79 Å². The molecule has 0 atom stereocenters. The normalized spacial score (nSPS) is 10.7. The number of amides is 1. The summed E-state index contributed by atoms with van der Waals surface area (Å²) in [6.07, 6.45) is 4.70. The fourth-order valence-electron chi connectivity index (χ4n) is 3.09. The van der Waals surface area contributed by atoms with Crippen LogP contribution in [0.2, 0.25) is 0 Å². The van der Waals surface area contributed by atoms with Gasteiger partial charge in [-0.3, -0.25) is 9.78 Å². The SMILES string of the molecule is O=C(CCc1nnc(Cc2ccc(-c3ccccc3)cc2)o1)NCc1ccncc1. The summed E-state index contributed by atoms with van der Waals surface area (Å²) in [7, 11) is 0.